The maximum Gasteiger partial charge on any atom is 0.320 e. The first-order valence-corrected chi connectivity index (χ1v) is 8.83. The van der Waals surface area contributed by atoms with Crippen LogP contribution < -0.4 is 5.32 Å². The summed E-state index contributed by atoms with van der Waals surface area (Å²) in [6.07, 6.45) is 2.15. The van der Waals surface area contributed by atoms with Gasteiger partial charge in [0.1, 0.15) is 6.61 Å². The summed E-state index contributed by atoms with van der Waals surface area (Å²) >= 11 is 0. The number of carbonyl (C=O) groups is 2. The number of nitrogens with one attached hydrogen (secondary N) is 1. The van der Waals surface area contributed by atoms with Gasteiger partial charge in [0.15, 0.2) is 0 Å². The van der Waals surface area contributed by atoms with E-state index in [4.69, 9.17) is 9.47 Å². The van der Waals surface area contributed by atoms with Crippen LogP contribution in [0.4, 0.5) is 4.79 Å². The molecule has 2 atom stereocenters. The Balaban J connectivity index is 1.49. The van der Waals surface area contributed by atoms with Gasteiger partial charge >= 0.3 is 6.03 Å². The van der Waals surface area contributed by atoms with Crippen LogP contribution in [-0.2, 0) is 14.3 Å². The standard InChI is InChI=1S/C16H28N4O4/c1-18(16(22)20-5-7-23-8-6-20)13-3-2-4-19(10-13)11-14-9-17-15(21)12-24-14/h13-14H,2-12H2,1H3,(H,17,21). The van der Waals surface area contributed by atoms with Crippen LogP contribution in [0.5, 0.6) is 0 Å². The Bertz CT molecular complexity index is 445. The molecule has 3 heterocycles. The third-order valence-corrected chi connectivity index (χ3v) is 5.05. The summed E-state index contributed by atoms with van der Waals surface area (Å²) in [6, 6.07) is 0.332. The zero-order chi connectivity index (χ0) is 16.9. The fourth-order valence-corrected chi connectivity index (χ4v) is 3.58. The predicted octanol–water partition coefficient (Wildman–Crippen LogP) is -0.650. The van der Waals surface area contributed by atoms with Crippen molar-refractivity contribution in [1.29, 1.82) is 0 Å². The Kier molecular flexibility index (Phi) is 5.91. The molecule has 2 unspecified atom stereocenters. The molecule has 3 saturated heterocycles. The lowest BCUT2D eigenvalue weighted by Gasteiger charge is -2.41. The van der Waals surface area contributed by atoms with Crippen molar-refractivity contribution in [3.8, 4) is 0 Å². The van der Waals surface area contributed by atoms with Gasteiger partial charge in [0, 0.05) is 45.8 Å². The van der Waals surface area contributed by atoms with Crippen LogP contribution >= 0.6 is 0 Å². The molecule has 0 bridgehead atoms. The molecular formula is C16H28N4O4. The van der Waals surface area contributed by atoms with Gasteiger partial charge in [-0.1, -0.05) is 0 Å². The number of urea groups is 1. The summed E-state index contributed by atoms with van der Waals surface area (Å²) < 4.78 is 10.9. The molecule has 0 saturated carbocycles. The molecule has 3 aliphatic heterocycles. The highest BCUT2D eigenvalue weighted by molar-refractivity contribution is 5.77. The van der Waals surface area contributed by atoms with E-state index in [1.807, 2.05) is 16.8 Å². The number of amides is 3. The Labute approximate surface area is 143 Å². The van der Waals surface area contributed by atoms with Crippen LogP contribution in [0.1, 0.15) is 12.8 Å². The maximum atomic E-state index is 12.6. The smallest absolute Gasteiger partial charge is 0.320 e. The lowest BCUT2D eigenvalue weighted by molar-refractivity contribution is -0.134. The van der Waals surface area contributed by atoms with E-state index in [1.165, 1.54) is 0 Å². The molecule has 8 heteroatoms. The third kappa shape index (κ3) is 4.37. The van der Waals surface area contributed by atoms with Gasteiger partial charge in [0.2, 0.25) is 5.91 Å². The Hall–Kier alpha value is -1.38. The quantitative estimate of drug-likeness (QED) is 0.739. The first-order valence-electron chi connectivity index (χ1n) is 8.83. The van der Waals surface area contributed by atoms with Gasteiger partial charge in [-0.2, -0.15) is 0 Å². The molecule has 1 N–H and O–H groups in total. The third-order valence-electron chi connectivity index (χ3n) is 5.05. The minimum Gasteiger partial charge on any atom is -0.378 e. The number of likely N-dealkylation sites (tertiary alicyclic amines) is 1. The average Bonchev–Trinajstić information content (AvgIpc) is 2.63. The van der Waals surface area contributed by atoms with Crippen LogP contribution in [0.2, 0.25) is 0 Å². The van der Waals surface area contributed by atoms with E-state index >= 15 is 0 Å². The topological polar surface area (TPSA) is 74.4 Å². The van der Waals surface area contributed by atoms with Crippen molar-refractivity contribution in [2.75, 3.05) is 66.1 Å². The summed E-state index contributed by atoms with van der Waals surface area (Å²) in [7, 11) is 1.91. The van der Waals surface area contributed by atoms with Crippen LogP contribution in [0.15, 0.2) is 0 Å². The highest BCUT2D eigenvalue weighted by Gasteiger charge is 2.31. The van der Waals surface area contributed by atoms with E-state index in [0.717, 1.165) is 32.5 Å². The molecule has 0 aromatic heterocycles. The predicted molar refractivity (Wildman–Crippen MR) is 87.8 cm³/mol. The number of morpholine rings is 2. The highest BCUT2D eigenvalue weighted by atomic mass is 16.5. The molecule has 0 aliphatic carbocycles. The number of piperidine rings is 1. The molecule has 3 aliphatic rings. The summed E-state index contributed by atoms with van der Waals surface area (Å²) in [4.78, 5) is 29.9. The minimum atomic E-state index is -0.0430. The van der Waals surface area contributed by atoms with E-state index in [1.54, 1.807) is 0 Å². The number of likely N-dealkylation sites (N-methyl/N-ethyl adjacent to an activating group) is 1. The number of hydrogen-bond acceptors (Lipinski definition) is 5. The molecule has 0 spiro atoms. The van der Waals surface area contributed by atoms with Gasteiger partial charge in [-0.05, 0) is 19.4 Å². The molecule has 0 aromatic carbocycles. The lowest BCUT2D eigenvalue weighted by atomic mass is 10.0. The normalized spacial score (nSPS) is 29.2. The number of ether oxygens (including phenoxy) is 2. The largest absolute Gasteiger partial charge is 0.378 e. The highest BCUT2D eigenvalue weighted by Crippen LogP contribution is 2.17. The Morgan fingerprint density at radius 3 is 2.83 bits per heavy atom. The molecule has 24 heavy (non-hydrogen) atoms. The van der Waals surface area contributed by atoms with E-state index in [9.17, 15) is 9.59 Å². The van der Waals surface area contributed by atoms with Crippen molar-refractivity contribution in [1.82, 2.24) is 20.0 Å². The molecule has 3 amide bonds. The molecule has 8 nitrogen and oxygen atoms in total. The number of carbonyl (C=O) groups excluding carboxylic acids is 2. The molecule has 0 radical (unpaired) electrons. The second-order valence-electron chi connectivity index (χ2n) is 6.79. The zero-order valence-corrected chi connectivity index (χ0v) is 14.4. The van der Waals surface area contributed by atoms with Crippen molar-refractivity contribution >= 4 is 11.9 Å². The second-order valence-corrected chi connectivity index (χ2v) is 6.79. The van der Waals surface area contributed by atoms with Gasteiger partial charge in [0.05, 0.1) is 19.3 Å². The van der Waals surface area contributed by atoms with Gasteiger partial charge in [-0.25, -0.2) is 4.79 Å². The van der Waals surface area contributed by atoms with Gasteiger partial charge < -0.3 is 24.6 Å². The van der Waals surface area contributed by atoms with Crippen LogP contribution in [0.3, 0.4) is 0 Å². The Morgan fingerprint density at radius 1 is 1.33 bits per heavy atom. The molecular weight excluding hydrogens is 312 g/mol. The van der Waals surface area contributed by atoms with Crippen molar-refractivity contribution < 1.29 is 19.1 Å². The van der Waals surface area contributed by atoms with Crippen LogP contribution in [-0.4, -0.2) is 105 Å². The van der Waals surface area contributed by atoms with Crippen molar-refractivity contribution in [2.45, 2.75) is 25.0 Å². The lowest BCUT2D eigenvalue weighted by Crippen LogP contribution is -2.56. The van der Waals surface area contributed by atoms with Crippen molar-refractivity contribution in [3.63, 3.8) is 0 Å². The number of hydrogen-bond donors (Lipinski definition) is 1. The minimum absolute atomic E-state index is 0.0430. The van der Waals surface area contributed by atoms with E-state index in [-0.39, 0.29) is 30.7 Å². The molecule has 136 valence electrons. The molecule has 3 rings (SSSR count). The maximum absolute atomic E-state index is 12.6. The average molecular weight is 340 g/mol. The van der Waals surface area contributed by atoms with E-state index in [0.29, 0.717) is 32.8 Å². The number of nitrogens with zero attached hydrogens (tertiary/aromatic N) is 3. The fraction of sp³-hybridized carbons (Fsp3) is 0.875. The zero-order valence-electron chi connectivity index (χ0n) is 14.4. The summed E-state index contributed by atoms with van der Waals surface area (Å²) in [5.41, 5.74) is 0. The second kappa shape index (κ2) is 8.13. The summed E-state index contributed by atoms with van der Waals surface area (Å²) in [5.74, 6) is -0.0430. The van der Waals surface area contributed by atoms with Gasteiger partial charge in [-0.3, -0.25) is 9.69 Å². The Morgan fingerprint density at radius 2 is 2.12 bits per heavy atom. The van der Waals surface area contributed by atoms with Crippen molar-refractivity contribution in [3.05, 3.63) is 0 Å². The van der Waals surface area contributed by atoms with Crippen LogP contribution in [0.25, 0.3) is 0 Å². The fourth-order valence-electron chi connectivity index (χ4n) is 3.58. The van der Waals surface area contributed by atoms with Gasteiger partial charge in [-0.15, -0.1) is 0 Å². The van der Waals surface area contributed by atoms with Crippen molar-refractivity contribution in [2.24, 2.45) is 0 Å². The number of rotatable bonds is 3. The first-order chi connectivity index (χ1) is 11.6. The van der Waals surface area contributed by atoms with E-state index < -0.39 is 0 Å². The summed E-state index contributed by atoms with van der Waals surface area (Å²) in [6.45, 7) is 6.01. The van der Waals surface area contributed by atoms with E-state index in [2.05, 4.69) is 10.2 Å². The SMILES string of the molecule is CN(C(=O)N1CCOCC1)C1CCCN(CC2CNC(=O)CO2)C1. The first kappa shape index (κ1) is 17.4. The van der Waals surface area contributed by atoms with Gasteiger partial charge in [0.25, 0.3) is 0 Å². The summed E-state index contributed by atoms with van der Waals surface area (Å²) in [5, 5.41) is 2.84. The molecule has 3 fully saturated rings. The van der Waals surface area contributed by atoms with Crippen LogP contribution in [0, 0.1) is 0 Å². The molecule has 0 aromatic rings. The monoisotopic (exact) mass is 340 g/mol.